The summed E-state index contributed by atoms with van der Waals surface area (Å²) in [6, 6.07) is 0. The van der Waals surface area contributed by atoms with E-state index in [1.807, 2.05) is 0 Å². The number of hydrogen-bond donors (Lipinski definition) is 0. The van der Waals surface area contributed by atoms with Crippen molar-refractivity contribution in [2.75, 3.05) is 0 Å². The second-order valence-corrected chi connectivity index (χ2v) is 17.1. The minimum absolute atomic E-state index is 0.497. The first-order valence-corrected chi connectivity index (χ1v) is 17.9. The summed E-state index contributed by atoms with van der Waals surface area (Å²) >= 11 is 0. The highest BCUT2D eigenvalue weighted by atomic mass is 28.5. The Morgan fingerprint density at radius 1 is 0.789 bits per heavy atom. The van der Waals surface area contributed by atoms with Crippen LogP contribution in [0.2, 0.25) is 44.8 Å². The predicted octanol–water partition coefficient (Wildman–Crippen LogP) is 3.51. The van der Waals surface area contributed by atoms with Gasteiger partial charge in [-0.1, -0.05) is 20.3 Å². The van der Waals surface area contributed by atoms with E-state index in [0.717, 1.165) is 6.42 Å². The summed E-state index contributed by atoms with van der Waals surface area (Å²) in [5, 5.41) is 0. The van der Waals surface area contributed by atoms with Gasteiger partial charge in [-0.15, -0.1) is 0 Å². The quantitative estimate of drug-likeness (QED) is 0.571. The highest BCUT2D eigenvalue weighted by Crippen LogP contribution is 2.34. The van der Waals surface area contributed by atoms with Crippen molar-refractivity contribution in [3.8, 4) is 0 Å². The van der Waals surface area contributed by atoms with E-state index < -0.39 is 35.9 Å². The van der Waals surface area contributed by atoms with Gasteiger partial charge in [0.15, 0.2) is 27.1 Å². The molecule has 1 atom stereocenters. The summed E-state index contributed by atoms with van der Waals surface area (Å²) in [6.45, 7) is 17.9. The second-order valence-electron chi connectivity index (χ2n) is 6.00. The van der Waals surface area contributed by atoms with Crippen molar-refractivity contribution >= 4 is 35.9 Å². The highest BCUT2D eigenvalue weighted by molar-refractivity contribution is 6.80. The lowest BCUT2D eigenvalue weighted by molar-refractivity contribution is 0.243. The Balaban J connectivity index is 5.28. The van der Waals surface area contributed by atoms with Crippen LogP contribution in [0.25, 0.3) is 0 Å². The largest absolute Gasteiger partial charge is 0.472 e. The van der Waals surface area contributed by atoms with E-state index in [2.05, 4.69) is 53.1 Å². The van der Waals surface area contributed by atoms with Crippen LogP contribution in [0.5, 0.6) is 0 Å². The molecule has 19 heavy (non-hydrogen) atoms. The second kappa shape index (κ2) is 9.64. The van der Waals surface area contributed by atoms with Crippen molar-refractivity contribution < 1.29 is 12.3 Å². The van der Waals surface area contributed by atoms with Crippen LogP contribution in [0.1, 0.15) is 33.1 Å². The Kier molecular flexibility index (Phi) is 10.0. The zero-order valence-corrected chi connectivity index (χ0v) is 18.6. The molecule has 0 saturated carbocycles. The molecule has 0 bridgehead atoms. The SMILES string of the molecule is CCCC(CC)[Si](O[SiH](C)C)(O[SiH](C)C)O[SiH](C)C. The van der Waals surface area contributed by atoms with E-state index >= 15 is 0 Å². The molecule has 7 heteroatoms. The predicted molar refractivity (Wildman–Crippen MR) is 94.6 cm³/mol. The van der Waals surface area contributed by atoms with Crippen LogP contribution in [-0.4, -0.2) is 35.9 Å². The van der Waals surface area contributed by atoms with Gasteiger partial charge in [-0.2, -0.15) is 0 Å². The topological polar surface area (TPSA) is 27.7 Å². The van der Waals surface area contributed by atoms with E-state index in [1.54, 1.807) is 0 Å². The first-order valence-electron chi connectivity index (χ1n) is 7.80. The maximum atomic E-state index is 6.47. The lowest BCUT2D eigenvalue weighted by atomic mass is 10.2. The smallest absolute Gasteiger partial charge is 0.420 e. The zero-order valence-electron chi connectivity index (χ0n) is 14.2. The van der Waals surface area contributed by atoms with E-state index in [0.29, 0.717) is 5.54 Å². The Morgan fingerprint density at radius 3 is 1.37 bits per heavy atom. The van der Waals surface area contributed by atoms with Crippen molar-refractivity contribution in [1.82, 2.24) is 0 Å². The van der Waals surface area contributed by atoms with Crippen molar-refractivity contribution in [2.24, 2.45) is 0 Å². The molecule has 0 fully saturated rings. The third kappa shape index (κ3) is 7.35. The van der Waals surface area contributed by atoms with E-state index in [-0.39, 0.29) is 0 Å². The average molecular weight is 339 g/mol. The molecule has 0 aliphatic heterocycles. The lowest BCUT2D eigenvalue weighted by Crippen LogP contribution is -2.56. The molecule has 0 aliphatic carbocycles. The lowest BCUT2D eigenvalue weighted by Gasteiger charge is -2.40. The number of rotatable bonds is 10. The molecule has 116 valence electrons. The molecule has 0 saturated heterocycles. The van der Waals surface area contributed by atoms with E-state index in [1.165, 1.54) is 12.8 Å². The first-order chi connectivity index (χ1) is 8.77. The van der Waals surface area contributed by atoms with Crippen LogP contribution in [0.15, 0.2) is 0 Å². The summed E-state index contributed by atoms with van der Waals surface area (Å²) < 4.78 is 19.4. The van der Waals surface area contributed by atoms with Crippen LogP contribution in [0.4, 0.5) is 0 Å². The summed E-state index contributed by atoms with van der Waals surface area (Å²) in [5.41, 5.74) is 0.497. The van der Waals surface area contributed by atoms with Gasteiger partial charge < -0.3 is 12.3 Å². The fourth-order valence-corrected chi connectivity index (χ4v) is 15.8. The molecule has 1 unspecified atom stereocenters. The van der Waals surface area contributed by atoms with Gasteiger partial charge in [0.2, 0.25) is 0 Å². The van der Waals surface area contributed by atoms with Crippen LogP contribution >= 0.6 is 0 Å². The normalized spacial score (nSPS) is 14.7. The zero-order chi connectivity index (χ0) is 15.1. The molecule has 0 heterocycles. The minimum Gasteiger partial charge on any atom is -0.420 e. The summed E-state index contributed by atoms with van der Waals surface area (Å²) in [7, 11) is -5.91. The van der Waals surface area contributed by atoms with Gasteiger partial charge in [0, 0.05) is 5.54 Å². The third-order valence-corrected chi connectivity index (χ3v) is 14.1. The first kappa shape index (κ1) is 19.7. The van der Waals surface area contributed by atoms with Gasteiger partial charge in [0.25, 0.3) is 0 Å². The van der Waals surface area contributed by atoms with E-state index in [4.69, 9.17) is 12.3 Å². The van der Waals surface area contributed by atoms with E-state index in [9.17, 15) is 0 Å². The molecule has 0 spiro atoms. The van der Waals surface area contributed by atoms with Gasteiger partial charge >= 0.3 is 8.80 Å². The fraction of sp³-hybridized carbons (Fsp3) is 1.00. The third-order valence-electron chi connectivity index (χ3n) is 2.83. The Labute approximate surface area is 126 Å². The summed E-state index contributed by atoms with van der Waals surface area (Å²) in [6.07, 6.45) is 3.47. The molecule has 0 aliphatic rings. The van der Waals surface area contributed by atoms with Gasteiger partial charge in [0.05, 0.1) is 0 Å². The minimum atomic E-state index is -2.45. The molecular weight excluding hydrogens is 304 g/mol. The molecule has 0 aromatic rings. The summed E-state index contributed by atoms with van der Waals surface area (Å²) in [5.74, 6) is 0. The van der Waals surface area contributed by atoms with Gasteiger partial charge in [-0.25, -0.2) is 0 Å². The monoisotopic (exact) mass is 338 g/mol. The van der Waals surface area contributed by atoms with Crippen molar-refractivity contribution in [3.63, 3.8) is 0 Å². The van der Waals surface area contributed by atoms with Crippen molar-refractivity contribution in [2.45, 2.75) is 77.9 Å². The van der Waals surface area contributed by atoms with Crippen LogP contribution < -0.4 is 0 Å². The van der Waals surface area contributed by atoms with Crippen molar-refractivity contribution in [3.05, 3.63) is 0 Å². The van der Waals surface area contributed by atoms with Gasteiger partial charge in [0.1, 0.15) is 0 Å². The molecular formula is C12H34O3Si4. The highest BCUT2D eigenvalue weighted by Gasteiger charge is 2.49. The molecule has 0 rings (SSSR count). The summed E-state index contributed by atoms with van der Waals surface area (Å²) in [4.78, 5) is 0. The molecule has 0 aromatic carbocycles. The van der Waals surface area contributed by atoms with Gasteiger partial charge in [-0.3, -0.25) is 0 Å². The average Bonchev–Trinajstić information content (AvgIpc) is 2.22. The standard InChI is InChI=1S/C12H34O3Si4/c1-9-11-12(10-2)19(13-16(3)4,14-17(5)6)15-18(7)8/h12,16-18H,9-11H2,1-8H3. The Morgan fingerprint density at radius 2 is 1.16 bits per heavy atom. The fourth-order valence-electron chi connectivity index (χ4n) is 2.34. The molecule has 0 radical (unpaired) electrons. The Hall–Kier alpha value is 0.748. The van der Waals surface area contributed by atoms with Crippen LogP contribution in [0, 0.1) is 0 Å². The Bertz CT molecular complexity index is 210. The molecule has 0 aromatic heterocycles. The van der Waals surface area contributed by atoms with Crippen LogP contribution in [0.3, 0.4) is 0 Å². The maximum Gasteiger partial charge on any atom is 0.472 e. The molecule has 0 amide bonds. The molecule has 0 N–H and O–H groups in total. The van der Waals surface area contributed by atoms with Crippen LogP contribution in [-0.2, 0) is 12.3 Å². The van der Waals surface area contributed by atoms with Gasteiger partial charge in [-0.05, 0) is 52.1 Å². The molecule has 3 nitrogen and oxygen atoms in total. The maximum absolute atomic E-state index is 6.47. The number of hydrogen-bond acceptors (Lipinski definition) is 3. The van der Waals surface area contributed by atoms with Crippen molar-refractivity contribution in [1.29, 1.82) is 0 Å².